The number of rotatable bonds is 12. The number of carboxylic acid groups (broad SMARTS) is 1. The zero-order chi connectivity index (χ0) is 38.5. The van der Waals surface area contributed by atoms with Gasteiger partial charge in [0.05, 0.1) is 41.9 Å². The minimum atomic E-state index is -5.11. The van der Waals surface area contributed by atoms with Gasteiger partial charge in [0, 0.05) is 49.4 Å². The van der Waals surface area contributed by atoms with E-state index in [1.165, 1.54) is 54.5 Å². The minimum absolute atomic E-state index is 0.0135. The fourth-order valence-corrected chi connectivity index (χ4v) is 6.70. The number of ether oxygens (including phenoxy) is 3. The van der Waals surface area contributed by atoms with Crippen molar-refractivity contribution in [3.05, 3.63) is 81.8 Å². The average molecular weight is 784 g/mol. The van der Waals surface area contributed by atoms with E-state index in [9.17, 15) is 40.7 Å². The molecule has 282 valence electrons. The summed E-state index contributed by atoms with van der Waals surface area (Å²) >= 11 is 6.30. The number of thioether (sulfide) groups is 1. The summed E-state index contributed by atoms with van der Waals surface area (Å²) < 4.78 is 100. The number of methoxy groups -OCH3 is 1. The molecule has 2 amide bonds. The second kappa shape index (κ2) is 16.6. The van der Waals surface area contributed by atoms with Gasteiger partial charge in [-0.1, -0.05) is 24.0 Å². The molecule has 2 saturated heterocycles. The van der Waals surface area contributed by atoms with E-state index in [2.05, 4.69) is 5.32 Å². The summed E-state index contributed by atoms with van der Waals surface area (Å²) in [4.78, 5) is 40.5. The summed E-state index contributed by atoms with van der Waals surface area (Å²) in [5.74, 6) is -2.25. The molecule has 3 aromatic carbocycles. The van der Waals surface area contributed by atoms with Crippen LogP contribution < -0.4 is 14.8 Å². The number of alkyl halides is 6. The van der Waals surface area contributed by atoms with Gasteiger partial charge in [0.2, 0.25) is 5.91 Å². The van der Waals surface area contributed by atoms with E-state index < -0.39 is 46.8 Å². The van der Waals surface area contributed by atoms with Crippen LogP contribution in [0.25, 0.3) is 17.2 Å². The molecule has 2 heterocycles. The monoisotopic (exact) mass is 783 g/mol. The van der Waals surface area contributed by atoms with Crippen LogP contribution in [-0.2, 0) is 26.7 Å². The van der Waals surface area contributed by atoms with Gasteiger partial charge in [0.1, 0.15) is 22.4 Å². The van der Waals surface area contributed by atoms with E-state index in [1.54, 1.807) is 0 Å². The molecule has 0 atom stereocenters. The molecule has 3 aromatic rings. The minimum Gasteiger partial charge on any atom is -0.497 e. The summed E-state index contributed by atoms with van der Waals surface area (Å²) in [6.07, 6.45) is -9.04. The lowest BCUT2D eigenvalue weighted by atomic mass is 9.96. The molecule has 0 spiro atoms. The summed E-state index contributed by atoms with van der Waals surface area (Å²) in [7, 11) is 1.26. The lowest BCUT2D eigenvalue weighted by Gasteiger charge is -2.27. The molecule has 0 aliphatic carbocycles. The standard InChI is InChI=1S/C35H31F6N3O7S2/c1-49-26-16-22(17-28-31(46)44(33(52)53-28)7-6-29(45)42-25-4-2-20(3-5-25)32(47)48)30(51-13-10-43-8-11-50-12-9-43)27(19-26)21-14-23(34(36,37)38)18-24(15-21)35(39,40)41/h2-5,14-19H,6-13H2,1H3,(H,42,45)(H,47,48)/b28-17-. The highest BCUT2D eigenvalue weighted by Crippen LogP contribution is 2.44. The number of amides is 2. The molecular weight excluding hydrogens is 753 g/mol. The number of nitrogens with one attached hydrogen (secondary N) is 1. The lowest BCUT2D eigenvalue weighted by Crippen LogP contribution is -2.38. The SMILES string of the molecule is COc1cc(/C=C2\SC(=S)N(CCC(=O)Nc3ccc(C(=O)O)cc3)C2=O)c(OCCN2CCOCC2)c(-c2cc(C(F)(F)F)cc(C(F)(F)F)c2)c1. The van der Waals surface area contributed by atoms with Crippen LogP contribution in [0.15, 0.2) is 59.5 Å². The number of carbonyl (C=O) groups excluding carboxylic acids is 2. The van der Waals surface area contributed by atoms with Crippen molar-refractivity contribution < 1.29 is 60.0 Å². The first kappa shape index (κ1) is 39.6. The molecule has 0 radical (unpaired) electrons. The van der Waals surface area contributed by atoms with Gasteiger partial charge in [-0.2, -0.15) is 26.3 Å². The van der Waals surface area contributed by atoms with Crippen molar-refractivity contribution in [2.24, 2.45) is 0 Å². The van der Waals surface area contributed by atoms with E-state index in [1.807, 2.05) is 4.90 Å². The maximum atomic E-state index is 13.9. The van der Waals surface area contributed by atoms with Gasteiger partial charge < -0.3 is 24.6 Å². The number of benzene rings is 3. The summed E-state index contributed by atoms with van der Waals surface area (Å²) in [5.41, 5.74) is -3.14. The van der Waals surface area contributed by atoms with Crippen molar-refractivity contribution in [2.45, 2.75) is 18.8 Å². The fraction of sp³-hybridized carbons (Fsp3) is 0.314. The highest BCUT2D eigenvalue weighted by Gasteiger charge is 2.38. The second-order valence-corrected chi connectivity index (χ2v) is 13.4. The number of nitrogens with zero attached hydrogens (tertiary/aromatic N) is 2. The van der Waals surface area contributed by atoms with Crippen LogP contribution in [0.1, 0.15) is 33.5 Å². The number of thiocarbonyl (C=S) groups is 1. The quantitative estimate of drug-likeness (QED) is 0.113. The van der Waals surface area contributed by atoms with Crippen LogP contribution in [0.5, 0.6) is 11.5 Å². The Balaban J connectivity index is 1.47. The van der Waals surface area contributed by atoms with E-state index in [-0.39, 0.29) is 63.1 Å². The molecule has 18 heteroatoms. The van der Waals surface area contributed by atoms with Crippen LogP contribution in [0.2, 0.25) is 0 Å². The highest BCUT2D eigenvalue weighted by atomic mass is 32.2. The smallest absolute Gasteiger partial charge is 0.416 e. The van der Waals surface area contributed by atoms with Gasteiger partial charge in [-0.05, 0) is 66.2 Å². The third-order valence-electron chi connectivity index (χ3n) is 8.12. The molecule has 2 fully saturated rings. The topological polar surface area (TPSA) is 118 Å². The summed E-state index contributed by atoms with van der Waals surface area (Å²) in [6.45, 7) is 2.36. The van der Waals surface area contributed by atoms with Crippen molar-refractivity contribution in [2.75, 3.05) is 58.4 Å². The lowest BCUT2D eigenvalue weighted by molar-refractivity contribution is -0.143. The number of carbonyl (C=O) groups is 3. The molecule has 0 saturated carbocycles. The van der Waals surface area contributed by atoms with Crippen LogP contribution in [0.4, 0.5) is 32.0 Å². The first-order valence-corrected chi connectivity index (χ1v) is 17.1. The molecule has 53 heavy (non-hydrogen) atoms. The number of aromatic carboxylic acids is 1. The Labute approximate surface area is 308 Å². The first-order chi connectivity index (χ1) is 25.0. The molecular formula is C35H31F6N3O7S2. The predicted molar refractivity (Wildman–Crippen MR) is 188 cm³/mol. The largest absolute Gasteiger partial charge is 0.497 e. The van der Waals surface area contributed by atoms with Crippen molar-refractivity contribution in [1.82, 2.24) is 9.80 Å². The molecule has 10 nitrogen and oxygen atoms in total. The maximum absolute atomic E-state index is 13.9. The number of hydrogen-bond donors (Lipinski definition) is 2. The number of morpholine rings is 1. The number of anilines is 1. The van der Waals surface area contributed by atoms with Gasteiger partial charge in [0.15, 0.2) is 0 Å². The summed E-state index contributed by atoms with van der Waals surface area (Å²) in [5, 5.41) is 11.7. The molecule has 0 aromatic heterocycles. The molecule has 5 rings (SSSR count). The van der Waals surface area contributed by atoms with Crippen molar-refractivity contribution in [3.8, 4) is 22.6 Å². The Kier molecular flexibility index (Phi) is 12.4. The van der Waals surface area contributed by atoms with Gasteiger partial charge in [-0.3, -0.25) is 19.4 Å². The zero-order valence-electron chi connectivity index (χ0n) is 27.8. The van der Waals surface area contributed by atoms with Crippen molar-refractivity contribution >= 4 is 57.8 Å². The van der Waals surface area contributed by atoms with Crippen LogP contribution >= 0.6 is 24.0 Å². The van der Waals surface area contributed by atoms with Crippen LogP contribution in [0, 0.1) is 0 Å². The second-order valence-electron chi connectivity index (χ2n) is 11.7. The van der Waals surface area contributed by atoms with Gasteiger partial charge in [-0.15, -0.1) is 0 Å². The average Bonchev–Trinajstić information content (AvgIpc) is 3.38. The molecule has 2 N–H and O–H groups in total. The normalized spacial score (nSPS) is 16.3. The Morgan fingerprint density at radius 3 is 2.21 bits per heavy atom. The van der Waals surface area contributed by atoms with Crippen LogP contribution in [0.3, 0.4) is 0 Å². The number of carboxylic acids is 1. The first-order valence-electron chi connectivity index (χ1n) is 15.9. The third-order valence-corrected chi connectivity index (χ3v) is 9.50. The Hall–Kier alpha value is -4.65. The van der Waals surface area contributed by atoms with Crippen LogP contribution in [-0.4, -0.2) is 90.1 Å². The Morgan fingerprint density at radius 1 is 0.981 bits per heavy atom. The molecule has 2 aliphatic heterocycles. The number of hydrogen-bond acceptors (Lipinski definition) is 9. The maximum Gasteiger partial charge on any atom is 0.416 e. The number of halogens is 6. The van der Waals surface area contributed by atoms with E-state index in [0.717, 1.165) is 11.8 Å². The fourth-order valence-electron chi connectivity index (χ4n) is 5.40. The summed E-state index contributed by atoms with van der Waals surface area (Å²) in [6, 6.07) is 9.37. The van der Waals surface area contributed by atoms with E-state index in [4.69, 9.17) is 31.5 Å². The van der Waals surface area contributed by atoms with E-state index in [0.29, 0.717) is 50.7 Å². The van der Waals surface area contributed by atoms with E-state index >= 15 is 0 Å². The molecule has 0 unspecified atom stereocenters. The van der Waals surface area contributed by atoms with Gasteiger partial charge >= 0.3 is 18.3 Å². The highest BCUT2D eigenvalue weighted by molar-refractivity contribution is 8.26. The van der Waals surface area contributed by atoms with Crippen molar-refractivity contribution in [1.29, 1.82) is 0 Å². The third kappa shape index (κ3) is 10.1. The molecule has 2 aliphatic rings. The Morgan fingerprint density at radius 2 is 1.62 bits per heavy atom. The molecule has 0 bridgehead atoms. The van der Waals surface area contributed by atoms with Gasteiger partial charge in [0.25, 0.3) is 5.91 Å². The Bertz CT molecular complexity index is 1880. The van der Waals surface area contributed by atoms with Gasteiger partial charge in [-0.25, -0.2) is 4.79 Å². The predicted octanol–water partition coefficient (Wildman–Crippen LogP) is 7.04. The zero-order valence-corrected chi connectivity index (χ0v) is 29.4. The van der Waals surface area contributed by atoms with Crippen molar-refractivity contribution in [3.63, 3.8) is 0 Å².